The fourth-order valence-electron chi connectivity index (χ4n) is 3.38. The Hall–Kier alpha value is -4.60. The zero-order valence-corrected chi connectivity index (χ0v) is 20.1. The summed E-state index contributed by atoms with van der Waals surface area (Å²) in [6, 6.07) is 13.4. The van der Waals surface area contributed by atoms with E-state index in [1.54, 1.807) is 60.3 Å². The summed E-state index contributed by atoms with van der Waals surface area (Å²) in [4.78, 5) is 20.9. The van der Waals surface area contributed by atoms with Crippen LogP contribution in [0.4, 0.5) is 16.2 Å². The number of carbonyl (C=O) groups is 1. The molecule has 180 valence electrons. The van der Waals surface area contributed by atoms with Gasteiger partial charge in [0, 0.05) is 29.2 Å². The van der Waals surface area contributed by atoms with Crippen molar-refractivity contribution < 1.29 is 19.0 Å². The smallest absolute Gasteiger partial charge is 0.323 e. The van der Waals surface area contributed by atoms with Gasteiger partial charge in [0.05, 0.1) is 19.9 Å². The number of methoxy groups -OCH3 is 2. The highest BCUT2D eigenvalue weighted by Gasteiger charge is 2.12. The molecule has 10 nitrogen and oxygen atoms in total. The van der Waals surface area contributed by atoms with Crippen LogP contribution in [0.3, 0.4) is 0 Å². The molecule has 0 aliphatic rings. The van der Waals surface area contributed by atoms with Gasteiger partial charge in [0.1, 0.15) is 12.1 Å². The first kappa shape index (κ1) is 23.6. The first-order chi connectivity index (χ1) is 16.9. The van der Waals surface area contributed by atoms with Crippen molar-refractivity contribution in [2.45, 2.75) is 20.8 Å². The van der Waals surface area contributed by atoms with Crippen LogP contribution in [-0.4, -0.2) is 40.0 Å². The number of urea groups is 1. The Balaban J connectivity index is 1.40. The van der Waals surface area contributed by atoms with Crippen LogP contribution in [0, 0.1) is 20.8 Å². The van der Waals surface area contributed by atoms with Crippen LogP contribution in [0.2, 0.25) is 0 Å². The van der Waals surface area contributed by atoms with Crippen LogP contribution in [-0.2, 0) is 0 Å². The molecule has 0 atom stereocenters. The van der Waals surface area contributed by atoms with Crippen molar-refractivity contribution in [3.8, 4) is 28.9 Å². The van der Waals surface area contributed by atoms with E-state index in [-0.39, 0.29) is 0 Å². The fraction of sp³-hybridized carbons (Fsp3) is 0.200. The number of aryl methyl sites for hydroxylation is 1. The maximum atomic E-state index is 12.4. The summed E-state index contributed by atoms with van der Waals surface area (Å²) >= 11 is 0. The van der Waals surface area contributed by atoms with E-state index in [2.05, 4.69) is 25.7 Å². The lowest BCUT2D eigenvalue weighted by Gasteiger charge is -2.12. The summed E-state index contributed by atoms with van der Waals surface area (Å²) in [6.45, 7) is 5.97. The van der Waals surface area contributed by atoms with Gasteiger partial charge in [-0.25, -0.2) is 19.4 Å². The second-order valence-electron chi connectivity index (χ2n) is 7.70. The molecule has 0 saturated carbocycles. The molecule has 4 aromatic rings. The number of nitrogens with one attached hydrogen (secondary N) is 2. The molecule has 2 aromatic carbocycles. The maximum Gasteiger partial charge on any atom is 0.323 e. The minimum atomic E-state index is -0.397. The van der Waals surface area contributed by atoms with Crippen LogP contribution in [0.5, 0.6) is 23.1 Å². The average molecular weight is 475 g/mol. The molecular weight excluding hydrogens is 448 g/mol. The molecule has 0 saturated heterocycles. The Morgan fingerprint density at radius 3 is 2.20 bits per heavy atom. The third-order valence-corrected chi connectivity index (χ3v) is 5.47. The van der Waals surface area contributed by atoms with Crippen LogP contribution in [0.25, 0.3) is 5.82 Å². The van der Waals surface area contributed by atoms with E-state index in [1.165, 1.54) is 13.4 Å². The monoisotopic (exact) mass is 474 g/mol. The highest BCUT2D eigenvalue weighted by atomic mass is 16.5. The Bertz CT molecular complexity index is 1350. The van der Waals surface area contributed by atoms with Crippen molar-refractivity contribution in [2.75, 3.05) is 24.9 Å². The van der Waals surface area contributed by atoms with Crippen LogP contribution >= 0.6 is 0 Å². The molecule has 10 heteroatoms. The van der Waals surface area contributed by atoms with Gasteiger partial charge in [0.15, 0.2) is 17.3 Å². The van der Waals surface area contributed by atoms with Crippen LogP contribution in [0.15, 0.2) is 54.9 Å². The summed E-state index contributed by atoms with van der Waals surface area (Å²) in [6.07, 6.45) is 1.44. The van der Waals surface area contributed by atoms with Gasteiger partial charge < -0.3 is 24.8 Å². The summed E-state index contributed by atoms with van der Waals surface area (Å²) < 4.78 is 18.1. The molecule has 0 spiro atoms. The Kier molecular flexibility index (Phi) is 6.81. The number of carbonyl (C=O) groups excluding carboxylic acids is 1. The molecular formula is C25H26N6O4. The topological polar surface area (TPSA) is 112 Å². The van der Waals surface area contributed by atoms with Gasteiger partial charge in [-0.1, -0.05) is 0 Å². The zero-order valence-electron chi connectivity index (χ0n) is 20.1. The highest BCUT2D eigenvalue weighted by molar-refractivity contribution is 5.99. The number of amides is 2. The summed E-state index contributed by atoms with van der Waals surface area (Å²) in [5.41, 5.74) is 4.23. The number of rotatable bonds is 7. The van der Waals surface area contributed by atoms with E-state index in [0.717, 1.165) is 17.0 Å². The lowest BCUT2D eigenvalue weighted by molar-refractivity contribution is 0.262. The molecule has 0 fully saturated rings. The van der Waals surface area contributed by atoms with Gasteiger partial charge in [-0.2, -0.15) is 5.10 Å². The van der Waals surface area contributed by atoms with Gasteiger partial charge in [-0.3, -0.25) is 0 Å². The minimum absolute atomic E-state index is 0.382. The number of anilines is 2. The van der Waals surface area contributed by atoms with Gasteiger partial charge in [-0.15, -0.1) is 0 Å². The molecule has 0 aliphatic heterocycles. The van der Waals surface area contributed by atoms with Gasteiger partial charge in [0.25, 0.3) is 0 Å². The van der Waals surface area contributed by atoms with Crippen molar-refractivity contribution in [1.29, 1.82) is 0 Å². The van der Waals surface area contributed by atoms with E-state index in [4.69, 9.17) is 14.2 Å². The SMILES string of the molecule is COc1ccc(NC(=O)Nc2ccc(Oc3cc(-n4nc(C)c(C)c4C)ncn3)cc2)cc1OC. The van der Waals surface area contributed by atoms with Gasteiger partial charge in [0.2, 0.25) is 5.88 Å². The standard InChI is InChI=1S/C25H26N6O4/c1-15-16(2)30-31(17(15)3)23-13-24(27-14-26-23)35-20-9-6-18(7-10-20)28-25(32)29-19-8-11-21(33-4)22(12-19)34-5/h6-14H,1-5H3,(H2,28,29,32). The third-order valence-electron chi connectivity index (χ3n) is 5.47. The number of benzene rings is 2. The van der Waals surface area contributed by atoms with Gasteiger partial charge >= 0.3 is 6.03 Å². The first-order valence-electron chi connectivity index (χ1n) is 10.8. The number of hydrogen-bond acceptors (Lipinski definition) is 7. The number of nitrogens with zero attached hydrogens (tertiary/aromatic N) is 4. The summed E-state index contributed by atoms with van der Waals surface area (Å²) in [5, 5.41) is 10.1. The molecule has 2 aromatic heterocycles. The number of hydrogen-bond donors (Lipinski definition) is 2. The Labute approximate surface area is 202 Å². The molecule has 35 heavy (non-hydrogen) atoms. The molecule has 0 radical (unpaired) electrons. The highest BCUT2D eigenvalue weighted by Crippen LogP contribution is 2.30. The van der Waals surface area contributed by atoms with Gasteiger partial charge in [-0.05, 0) is 62.7 Å². The summed E-state index contributed by atoms with van der Waals surface area (Å²) in [5.74, 6) is 2.66. The zero-order chi connectivity index (χ0) is 24.9. The van der Waals surface area contributed by atoms with Crippen LogP contribution < -0.4 is 24.8 Å². The van der Waals surface area contributed by atoms with E-state index in [9.17, 15) is 4.79 Å². The van der Waals surface area contributed by atoms with Crippen LogP contribution in [0.1, 0.15) is 17.0 Å². The molecule has 2 N–H and O–H groups in total. The van der Waals surface area contributed by atoms with E-state index >= 15 is 0 Å². The molecule has 2 amide bonds. The maximum absolute atomic E-state index is 12.4. The quantitative estimate of drug-likeness (QED) is 0.386. The number of ether oxygens (including phenoxy) is 3. The minimum Gasteiger partial charge on any atom is -0.493 e. The lowest BCUT2D eigenvalue weighted by Crippen LogP contribution is -2.19. The number of aromatic nitrogens is 4. The Morgan fingerprint density at radius 1 is 0.857 bits per heavy atom. The van der Waals surface area contributed by atoms with Crippen molar-refractivity contribution in [3.63, 3.8) is 0 Å². The van der Waals surface area contributed by atoms with E-state index < -0.39 is 6.03 Å². The summed E-state index contributed by atoms with van der Waals surface area (Å²) in [7, 11) is 3.09. The molecule has 2 heterocycles. The lowest BCUT2D eigenvalue weighted by atomic mass is 10.2. The largest absolute Gasteiger partial charge is 0.493 e. The van der Waals surface area contributed by atoms with Crippen molar-refractivity contribution in [1.82, 2.24) is 19.7 Å². The second kappa shape index (κ2) is 10.1. The van der Waals surface area contributed by atoms with E-state index in [0.29, 0.717) is 40.3 Å². The molecule has 0 aliphatic carbocycles. The molecule has 0 bridgehead atoms. The van der Waals surface area contributed by atoms with E-state index in [1.807, 2.05) is 20.8 Å². The predicted octanol–water partition coefficient (Wildman–Crippen LogP) is 5.04. The molecule has 4 rings (SSSR count). The van der Waals surface area contributed by atoms with Crippen molar-refractivity contribution in [3.05, 3.63) is 71.8 Å². The average Bonchev–Trinajstić information content (AvgIpc) is 3.12. The Morgan fingerprint density at radius 2 is 1.54 bits per heavy atom. The van der Waals surface area contributed by atoms with Crippen molar-refractivity contribution in [2.24, 2.45) is 0 Å². The predicted molar refractivity (Wildman–Crippen MR) is 132 cm³/mol. The molecule has 0 unspecified atom stereocenters. The fourth-order valence-corrected chi connectivity index (χ4v) is 3.38. The van der Waals surface area contributed by atoms with Crippen molar-refractivity contribution >= 4 is 17.4 Å². The normalized spacial score (nSPS) is 10.5. The first-order valence-corrected chi connectivity index (χ1v) is 10.8. The second-order valence-corrected chi connectivity index (χ2v) is 7.70. The third kappa shape index (κ3) is 5.32.